The Labute approximate surface area is 98.8 Å². The van der Waals surface area contributed by atoms with Crippen molar-refractivity contribution in [2.24, 2.45) is 0 Å². The van der Waals surface area contributed by atoms with E-state index in [1.54, 1.807) is 7.11 Å². The highest BCUT2D eigenvalue weighted by atomic mass is 31.0. The summed E-state index contributed by atoms with van der Waals surface area (Å²) in [5.41, 5.74) is 4.23. The van der Waals surface area contributed by atoms with Crippen LogP contribution in [-0.4, -0.2) is 38.0 Å². The molecule has 2 N–H and O–H groups in total. The standard InChI is InChI=1S/C11H18N3OP/c1-15-12-10-4-2-3-5-11(10)13-6-8-14(16)9-7-13/h2-5,12H,6-9,16H2,1H3/p+1. The highest BCUT2D eigenvalue weighted by molar-refractivity contribution is 7.13. The molecule has 5 heteroatoms. The molecule has 4 nitrogen and oxygen atoms in total. The van der Waals surface area contributed by atoms with Gasteiger partial charge in [0.25, 0.3) is 0 Å². The first-order valence-corrected chi connectivity index (χ1v) is 6.02. The number of nitrogens with two attached hydrogens (primary N) is 1. The van der Waals surface area contributed by atoms with Crippen molar-refractivity contribution in [3.8, 4) is 0 Å². The second-order valence-electron chi connectivity index (χ2n) is 3.94. The molecule has 16 heavy (non-hydrogen) atoms. The average molecular weight is 240 g/mol. The number of piperazine rings is 1. The smallest absolute Gasteiger partial charge is 0.185 e. The second kappa shape index (κ2) is 5.60. The lowest BCUT2D eigenvalue weighted by molar-refractivity contribution is -0.829. The second-order valence-corrected chi connectivity index (χ2v) is 4.67. The third-order valence-electron chi connectivity index (χ3n) is 2.84. The lowest BCUT2D eigenvalue weighted by Crippen LogP contribution is -2.76. The van der Waals surface area contributed by atoms with E-state index >= 15 is 0 Å². The maximum atomic E-state index is 5.11. The zero-order valence-corrected chi connectivity index (χ0v) is 10.7. The predicted octanol–water partition coefficient (Wildman–Crippen LogP) is 0.355. The van der Waals surface area contributed by atoms with Gasteiger partial charge in [-0.1, -0.05) is 21.5 Å². The highest BCUT2D eigenvalue weighted by Gasteiger charge is 2.18. The van der Waals surface area contributed by atoms with E-state index in [2.05, 4.69) is 37.2 Å². The number of hydrogen-bond acceptors (Lipinski definition) is 3. The molecule has 1 heterocycles. The Kier molecular flexibility index (Phi) is 4.13. The van der Waals surface area contributed by atoms with Crippen molar-refractivity contribution in [3.63, 3.8) is 0 Å². The fraction of sp³-hybridized carbons (Fsp3) is 0.455. The maximum absolute atomic E-state index is 5.11. The number of para-hydroxylation sites is 1. The normalized spacial score (nSPS) is 17.8. The van der Waals surface area contributed by atoms with E-state index in [0.717, 1.165) is 31.9 Å². The maximum Gasteiger partial charge on any atom is 0.185 e. The third-order valence-corrected chi connectivity index (χ3v) is 3.35. The van der Waals surface area contributed by atoms with Crippen LogP contribution in [0.3, 0.4) is 0 Å². The van der Waals surface area contributed by atoms with Crippen LogP contribution in [0.5, 0.6) is 0 Å². The van der Waals surface area contributed by atoms with Crippen molar-refractivity contribution in [1.82, 2.24) is 4.67 Å². The number of quaternary nitrogens is 1. The molecule has 0 bridgehead atoms. The summed E-state index contributed by atoms with van der Waals surface area (Å²) in [5, 5.41) is 0. The molecule has 1 aliphatic rings. The van der Waals surface area contributed by atoms with Crippen LogP contribution in [0, 0.1) is 0 Å². The van der Waals surface area contributed by atoms with E-state index in [1.807, 2.05) is 11.5 Å². The quantitative estimate of drug-likeness (QED) is 0.470. The minimum atomic E-state index is 1.07. The molecule has 2 rings (SSSR count). The molecule has 0 aliphatic carbocycles. The summed E-state index contributed by atoms with van der Waals surface area (Å²) in [4.78, 5) is 7.52. The summed E-state index contributed by atoms with van der Waals surface area (Å²) in [5.74, 6) is 0. The molecule has 0 aromatic heterocycles. The number of rotatable bonds is 3. The molecule has 0 saturated carbocycles. The Balaban J connectivity index is 2.13. The van der Waals surface area contributed by atoms with Gasteiger partial charge in [0.1, 0.15) is 5.69 Å². The molecule has 1 aromatic rings. The summed E-state index contributed by atoms with van der Waals surface area (Å²) in [7, 11) is 4.46. The van der Waals surface area contributed by atoms with Gasteiger partial charge in [0.15, 0.2) is 5.69 Å². The predicted molar refractivity (Wildman–Crippen MR) is 68.5 cm³/mol. The summed E-state index contributed by atoms with van der Waals surface area (Å²) in [6.45, 7) is 4.31. The van der Waals surface area contributed by atoms with Gasteiger partial charge in [0, 0.05) is 32.2 Å². The SMILES string of the molecule is CO[NH2+]c1ccccc1N1CCN(P)CC1. The molecule has 1 aromatic carbocycles. The van der Waals surface area contributed by atoms with Gasteiger partial charge in [-0.15, -0.1) is 0 Å². The Morgan fingerprint density at radius 2 is 1.88 bits per heavy atom. The van der Waals surface area contributed by atoms with Crippen molar-refractivity contribution < 1.29 is 10.3 Å². The van der Waals surface area contributed by atoms with E-state index in [0.29, 0.717) is 0 Å². The molecule has 0 spiro atoms. The van der Waals surface area contributed by atoms with Crippen molar-refractivity contribution in [2.75, 3.05) is 38.2 Å². The molecule has 1 atom stereocenters. The zero-order valence-electron chi connectivity index (χ0n) is 9.60. The van der Waals surface area contributed by atoms with Crippen molar-refractivity contribution in [2.45, 2.75) is 0 Å². The van der Waals surface area contributed by atoms with Crippen LogP contribution in [0.25, 0.3) is 0 Å². The van der Waals surface area contributed by atoms with Crippen LogP contribution in [-0.2, 0) is 4.84 Å². The van der Waals surface area contributed by atoms with Gasteiger partial charge in [-0.05, 0) is 6.07 Å². The molecule has 1 fully saturated rings. The van der Waals surface area contributed by atoms with Crippen molar-refractivity contribution >= 4 is 20.8 Å². The molecular weight excluding hydrogens is 221 g/mol. The van der Waals surface area contributed by atoms with Crippen molar-refractivity contribution in [3.05, 3.63) is 24.3 Å². The highest BCUT2D eigenvalue weighted by Crippen LogP contribution is 2.23. The first kappa shape index (κ1) is 11.8. The van der Waals surface area contributed by atoms with Gasteiger partial charge in [0.2, 0.25) is 0 Å². The van der Waals surface area contributed by atoms with Gasteiger partial charge in [-0.25, -0.2) is 4.84 Å². The van der Waals surface area contributed by atoms with Crippen LogP contribution < -0.4 is 10.4 Å². The third kappa shape index (κ3) is 2.71. The first-order chi connectivity index (χ1) is 7.81. The largest absolute Gasteiger partial charge is 0.364 e. The number of hydrogen-bond donors (Lipinski definition) is 1. The summed E-state index contributed by atoms with van der Waals surface area (Å²) < 4.78 is 2.28. The zero-order chi connectivity index (χ0) is 11.4. The first-order valence-electron chi connectivity index (χ1n) is 5.51. The summed E-state index contributed by atoms with van der Waals surface area (Å²) >= 11 is 0. The Hall–Kier alpha value is -0.670. The molecule has 88 valence electrons. The minimum absolute atomic E-state index is 1.07. The van der Waals surface area contributed by atoms with E-state index in [9.17, 15) is 0 Å². The van der Waals surface area contributed by atoms with Crippen LogP contribution in [0.2, 0.25) is 0 Å². The molecule has 1 aliphatic heterocycles. The number of benzene rings is 1. The minimum Gasteiger partial charge on any atom is -0.364 e. The molecule has 1 saturated heterocycles. The van der Waals surface area contributed by atoms with Gasteiger partial charge < -0.3 is 4.90 Å². The van der Waals surface area contributed by atoms with E-state index in [-0.39, 0.29) is 0 Å². The van der Waals surface area contributed by atoms with Gasteiger partial charge >= 0.3 is 0 Å². The fourth-order valence-corrected chi connectivity index (χ4v) is 2.20. The van der Waals surface area contributed by atoms with Crippen LogP contribution in [0.4, 0.5) is 11.4 Å². The topological polar surface area (TPSA) is 32.3 Å². The molecule has 0 radical (unpaired) electrons. The van der Waals surface area contributed by atoms with E-state index in [1.165, 1.54) is 5.69 Å². The molecular formula is C11H19N3OP+. The van der Waals surface area contributed by atoms with Gasteiger partial charge in [-0.3, -0.25) is 4.67 Å². The number of nitrogens with zero attached hydrogens (tertiary/aromatic N) is 2. The van der Waals surface area contributed by atoms with Crippen LogP contribution >= 0.6 is 9.39 Å². The lowest BCUT2D eigenvalue weighted by atomic mass is 10.2. The lowest BCUT2D eigenvalue weighted by Gasteiger charge is -2.33. The Bertz CT molecular complexity index is 340. The van der Waals surface area contributed by atoms with E-state index < -0.39 is 0 Å². The number of anilines is 1. The molecule has 0 amide bonds. The molecule has 1 unspecified atom stereocenters. The Morgan fingerprint density at radius 1 is 1.19 bits per heavy atom. The van der Waals surface area contributed by atoms with Gasteiger partial charge in [-0.2, -0.15) is 5.48 Å². The summed E-state index contributed by atoms with van der Waals surface area (Å²) in [6, 6.07) is 8.37. The van der Waals surface area contributed by atoms with E-state index in [4.69, 9.17) is 4.84 Å². The van der Waals surface area contributed by atoms with Crippen LogP contribution in [0.1, 0.15) is 0 Å². The van der Waals surface area contributed by atoms with Gasteiger partial charge in [0.05, 0.1) is 7.11 Å². The van der Waals surface area contributed by atoms with Crippen LogP contribution in [0.15, 0.2) is 24.3 Å². The summed E-state index contributed by atoms with van der Waals surface area (Å²) in [6.07, 6.45) is 0. The average Bonchev–Trinajstić information content (AvgIpc) is 2.32. The van der Waals surface area contributed by atoms with Crippen molar-refractivity contribution in [1.29, 1.82) is 0 Å². The Morgan fingerprint density at radius 3 is 2.56 bits per heavy atom. The fourth-order valence-electron chi connectivity index (χ4n) is 1.96. The monoisotopic (exact) mass is 240 g/mol.